The van der Waals surface area contributed by atoms with Gasteiger partial charge in [0.05, 0.1) is 10.9 Å². The summed E-state index contributed by atoms with van der Waals surface area (Å²) < 4.78 is 11.1. The number of hydrogen-bond acceptors (Lipinski definition) is 7. The zero-order valence-electron chi connectivity index (χ0n) is 18.4. The molecule has 3 aliphatic heterocycles. The Kier molecular flexibility index (Phi) is 5.80. The number of fused-ring (bicyclic) bond motifs is 4. The number of aliphatic imine (C=N–C) groups is 2. The van der Waals surface area contributed by atoms with Gasteiger partial charge in [-0.2, -0.15) is 0 Å². The average molecular weight is 465 g/mol. The second-order valence-corrected chi connectivity index (χ2v) is 9.26. The lowest BCUT2D eigenvalue weighted by Crippen LogP contribution is -2.42. The number of ether oxygens (including phenoxy) is 2. The number of hydrogen-bond donors (Lipinski definition) is 1. The molecule has 2 unspecified atom stereocenters. The molecule has 0 bridgehead atoms. The van der Waals surface area contributed by atoms with Crippen LogP contribution in [0, 0.1) is 0 Å². The summed E-state index contributed by atoms with van der Waals surface area (Å²) in [5.74, 6) is 1.60. The fraction of sp³-hybridized carbons (Fsp3) is 0.333. The van der Waals surface area contributed by atoms with E-state index in [-0.39, 0.29) is 11.8 Å². The molecular weight excluding hydrogens is 440 g/mol. The predicted octanol–water partition coefficient (Wildman–Crippen LogP) is 3.98. The topological polar surface area (TPSA) is 92.6 Å². The Morgan fingerprint density at radius 2 is 2.00 bits per heavy atom. The van der Waals surface area contributed by atoms with E-state index in [1.165, 1.54) is 11.8 Å². The number of amidine groups is 2. The second kappa shape index (κ2) is 8.90. The van der Waals surface area contributed by atoms with E-state index in [0.717, 1.165) is 17.7 Å². The maximum atomic E-state index is 13.1. The van der Waals surface area contributed by atoms with Crippen molar-refractivity contribution in [1.82, 2.24) is 4.90 Å². The first-order valence-corrected chi connectivity index (χ1v) is 11.9. The number of carbonyl (C=O) groups is 2. The molecular formula is C24H24N4O4S. The lowest BCUT2D eigenvalue weighted by atomic mass is 10.1. The van der Waals surface area contributed by atoms with Gasteiger partial charge in [-0.3, -0.25) is 14.6 Å². The molecule has 0 saturated heterocycles. The largest absolute Gasteiger partial charge is 0.486 e. The van der Waals surface area contributed by atoms with Crippen LogP contribution < -0.4 is 14.8 Å². The van der Waals surface area contributed by atoms with Crippen LogP contribution in [0.2, 0.25) is 0 Å². The van der Waals surface area contributed by atoms with E-state index in [0.29, 0.717) is 47.8 Å². The molecule has 33 heavy (non-hydrogen) atoms. The van der Waals surface area contributed by atoms with E-state index in [1.54, 1.807) is 30.0 Å². The zero-order valence-corrected chi connectivity index (χ0v) is 19.2. The molecule has 3 aliphatic rings. The van der Waals surface area contributed by atoms with Crippen LogP contribution in [0.3, 0.4) is 0 Å². The van der Waals surface area contributed by atoms with Gasteiger partial charge < -0.3 is 14.8 Å². The summed E-state index contributed by atoms with van der Waals surface area (Å²) in [5, 5.41) is 2.89. The van der Waals surface area contributed by atoms with E-state index in [2.05, 4.69) is 5.32 Å². The lowest BCUT2D eigenvalue weighted by molar-refractivity contribution is -0.124. The summed E-state index contributed by atoms with van der Waals surface area (Å²) in [6, 6.07) is 12.5. The fourth-order valence-corrected chi connectivity index (χ4v) is 4.83. The minimum absolute atomic E-state index is 0.0907. The molecule has 2 atom stereocenters. The number of benzene rings is 2. The summed E-state index contributed by atoms with van der Waals surface area (Å²) >= 11 is 1.25. The normalized spacial score (nSPS) is 19.3. The summed E-state index contributed by atoms with van der Waals surface area (Å²) in [6.07, 6.45) is 1.54. The van der Waals surface area contributed by atoms with E-state index >= 15 is 0 Å². The highest BCUT2D eigenvalue weighted by Gasteiger charge is 2.41. The van der Waals surface area contributed by atoms with Crippen LogP contribution in [0.15, 0.2) is 52.4 Å². The predicted molar refractivity (Wildman–Crippen MR) is 129 cm³/mol. The van der Waals surface area contributed by atoms with Crippen LogP contribution in [0.4, 0.5) is 11.4 Å². The van der Waals surface area contributed by atoms with Crippen molar-refractivity contribution in [3.8, 4) is 11.5 Å². The van der Waals surface area contributed by atoms with Crippen LogP contribution in [0.1, 0.15) is 32.3 Å². The number of rotatable bonds is 5. The first-order valence-electron chi connectivity index (χ1n) is 11.0. The van der Waals surface area contributed by atoms with Crippen molar-refractivity contribution in [2.75, 3.05) is 18.5 Å². The maximum Gasteiger partial charge on any atom is 0.259 e. The first-order chi connectivity index (χ1) is 16.0. The van der Waals surface area contributed by atoms with E-state index < -0.39 is 11.3 Å². The Morgan fingerprint density at radius 3 is 2.82 bits per heavy atom. The van der Waals surface area contributed by atoms with Crippen molar-refractivity contribution in [2.45, 2.75) is 38.0 Å². The monoisotopic (exact) mass is 464 g/mol. The number of nitrogens with one attached hydrogen (secondary N) is 1. The molecule has 2 aromatic carbocycles. The van der Waals surface area contributed by atoms with Gasteiger partial charge in [-0.1, -0.05) is 37.2 Å². The van der Waals surface area contributed by atoms with Crippen molar-refractivity contribution < 1.29 is 19.1 Å². The molecule has 5 rings (SSSR count). The van der Waals surface area contributed by atoms with Gasteiger partial charge in [-0.25, -0.2) is 9.89 Å². The minimum Gasteiger partial charge on any atom is -0.486 e. The highest BCUT2D eigenvalue weighted by molar-refractivity contribution is 8.15. The van der Waals surface area contributed by atoms with Crippen LogP contribution >= 0.6 is 11.8 Å². The number of para-hydroxylation sites is 1. The van der Waals surface area contributed by atoms with Crippen molar-refractivity contribution in [1.29, 1.82) is 0 Å². The summed E-state index contributed by atoms with van der Waals surface area (Å²) in [6.45, 7) is 4.82. The Morgan fingerprint density at radius 1 is 1.21 bits per heavy atom. The molecule has 9 heteroatoms. The van der Waals surface area contributed by atoms with Gasteiger partial charge in [0.15, 0.2) is 16.7 Å². The van der Waals surface area contributed by atoms with Gasteiger partial charge in [0.1, 0.15) is 25.1 Å². The van der Waals surface area contributed by atoms with E-state index in [4.69, 9.17) is 19.5 Å². The number of amides is 2. The number of thioether (sulfide) groups is 1. The van der Waals surface area contributed by atoms with Crippen LogP contribution in [-0.2, 0) is 9.59 Å². The third-order valence-electron chi connectivity index (χ3n) is 5.57. The van der Waals surface area contributed by atoms with Crippen molar-refractivity contribution in [3.05, 3.63) is 48.0 Å². The molecule has 0 spiro atoms. The molecule has 0 aromatic heterocycles. The standard InChI is InChI=1S/C24H24N4O4S/c1-3-6-18-23(30)28-21(26-18)16-7-4-5-8-17(16)27-24(28)33-14(2)22(29)25-15-9-10-19-20(13-15)32-12-11-31-19/h4-5,7-10,13-14,18H,3,6,11-12H2,1-2H3,(H,25,29). The molecule has 1 N–H and O–H groups in total. The Hall–Kier alpha value is -3.33. The fourth-order valence-electron chi connectivity index (χ4n) is 3.92. The third-order valence-corrected chi connectivity index (χ3v) is 6.62. The summed E-state index contributed by atoms with van der Waals surface area (Å²) in [5.41, 5.74) is 2.21. The van der Waals surface area contributed by atoms with Crippen LogP contribution in [0.25, 0.3) is 0 Å². The Labute approximate surface area is 196 Å². The molecule has 3 heterocycles. The Bertz CT molecular complexity index is 1180. The highest BCUT2D eigenvalue weighted by Crippen LogP contribution is 2.36. The van der Waals surface area contributed by atoms with Gasteiger partial charge in [0.2, 0.25) is 5.91 Å². The van der Waals surface area contributed by atoms with Crippen molar-refractivity contribution in [3.63, 3.8) is 0 Å². The zero-order chi connectivity index (χ0) is 22.9. The number of anilines is 1. The second-order valence-electron chi connectivity index (χ2n) is 7.95. The minimum atomic E-state index is -0.499. The number of carbonyl (C=O) groups excluding carboxylic acids is 2. The van der Waals surface area contributed by atoms with Crippen molar-refractivity contribution >= 4 is 46.0 Å². The lowest BCUT2D eigenvalue weighted by Gasteiger charge is -2.27. The molecule has 0 radical (unpaired) electrons. The van der Waals surface area contributed by atoms with Gasteiger partial charge >= 0.3 is 0 Å². The van der Waals surface area contributed by atoms with E-state index in [1.807, 2.05) is 31.2 Å². The molecule has 8 nitrogen and oxygen atoms in total. The van der Waals surface area contributed by atoms with Gasteiger partial charge in [0.25, 0.3) is 5.91 Å². The molecule has 0 aliphatic carbocycles. The summed E-state index contributed by atoms with van der Waals surface area (Å²) in [4.78, 5) is 37.1. The smallest absolute Gasteiger partial charge is 0.259 e. The third kappa shape index (κ3) is 4.08. The highest BCUT2D eigenvalue weighted by atomic mass is 32.2. The quantitative estimate of drug-likeness (QED) is 0.723. The first kappa shape index (κ1) is 21.5. The molecule has 2 aromatic rings. The van der Waals surface area contributed by atoms with Gasteiger partial charge in [-0.05, 0) is 37.6 Å². The SMILES string of the molecule is CCCC1N=C2c3ccccc3N=C(SC(C)C(=O)Nc3ccc4c(c3)OCCO4)N2C1=O. The Balaban J connectivity index is 1.36. The molecule has 0 saturated carbocycles. The molecule has 0 fully saturated rings. The molecule has 2 amide bonds. The van der Waals surface area contributed by atoms with Crippen molar-refractivity contribution in [2.24, 2.45) is 9.98 Å². The molecule has 170 valence electrons. The van der Waals surface area contributed by atoms with Crippen LogP contribution in [0.5, 0.6) is 11.5 Å². The van der Waals surface area contributed by atoms with Crippen LogP contribution in [-0.4, -0.2) is 52.2 Å². The average Bonchev–Trinajstić information content (AvgIpc) is 3.16. The number of nitrogens with zero attached hydrogens (tertiary/aromatic N) is 3. The van der Waals surface area contributed by atoms with Gasteiger partial charge in [-0.15, -0.1) is 0 Å². The summed E-state index contributed by atoms with van der Waals surface area (Å²) in [7, 11) is 0. The maximum absolute atomic E-state index is 13.1. The van der Waals surface area contributed by atoms with E-state index in [9.17, 15) is 9.59 Å². The van der Waals surface area contributed by atoms with Gasteiger partial charge in [0, 0.05) is 17.3 Å².